The zero-order valence-corrected chi connectivity index (χ0v) is 15.9. The zero-order chi connectivity index (χ0) is 20.1. The molecule has 1 aliphatic rings. The Morgan fingerprint density at radius 3 is 2.68 bits per heavy atom. The van der Waals surface area contributed by atoms with E-state index in [0.29, 0.717) is 30.9 Å². The van der Waals surface area contributed by atoms with Crippen molar-refractivity contribution in [3.63, 3.8) is 0 Å². The molecule has 6 nitrogen and oxygen atoms in total. The highest BCUT2D eigenvalue weighted by molar-refractivity contribution is 5.98. The van der Waals surface area contributed by atoms with Crippen LogP contribution in [0.2, 0.25) is 0 Å². The summed E-state index contributed by atoms with van der Waals surface area (Å²) in [4.78, 5) is 19.4. The van der Waals surface area contributed by atoms with Gasteiger partial charge in [0.1, 0.15) is 11.4 Å². The number of hydrogen-bond acceptors (Lipinski definition) is 5. The molecule has 2 aromatic rings. The van der Waals surface area contributed by atoms with Crippen LogP contribution in [0.15, 0.2) is 24.3 Å². The molecule has 0 spiro atoms. The van der Waals surface area contributed by atoms with E-state index < -0.39 is 11.6 Å². The minimum Gasteiger partial charge on any atom is -0.477 e. The zero-order valence-electron chi connectivity index (χ0n) is 15.9. The number of carbonyl (C=O) groups excluding carboxylic acids is 1. The molecule has 1 amide bonds. The van der Waals surface area contributed by atoms with Gasteiger partial charge < -0.3 is 19.7 Å². The molecule has 1 saturated heterocycles. The number of anilines is 1. The Morgan fingerprint density at radius 2 is 2.00 bits per heavy atom. The molecule has 1 aliphatic heterocycles. The minimum absolute atomic E-state index is 0.0618. The largest absolute Gasteiger partial charge is 0.477 e. The minimum atomic E-state index is -0.950. The van der Waals surface area contributed by atoms with Crippen LogP contribution < -0.4 is 15.0 Å². The fourth-order valence-corrected chi connectivity index (χ4v) is 3.02. The molecular weight excluding hydrogens is 368 g/mol. The van der Waals surface area contributed by atoms with Crippen LogP contribution in [-0.4, -0.2) is 43.8 Å². The quantitative estimate of drug-likeness (QED) is 0.821. The van der Waals surface area contributed by atoms with Crippen molar-refractivity contribution < 1.29 is 23.0 Å². The van der Waals surface area contributed by atoms with Crippen LogP contribution in [-0.2, 0) is 11.3 Å². The van der Waals surface area contributed by atoms with Gasteiger partial charge in [-0.25, -0.2) is 8.78 Å². The van der Waals surface area contributed by atoms with Crippen molar-refractivity contribution in [1.29, 1.82) is 0 Å². The van der Waals surface area contributed by atoms with Crippen LogP contribution in [0.25, 0.3) is 0 Å². The summed E-state index contributed by atoms with van der Waals surface area (Å²) in [7, 11) is 0. The van der Waals surface area contributed by atoms with Crippen molar-refractivity contribution in [1.82, 2.24) is 10.3 Å². The highest BCUT2D eigenvalue weighted by atomic mass is 19.2. The molecule has 0 unspecified atom stereocenters. The molecule has 0 bridgehead atoms. The van der Waals surface area contributed by atoms with Crippen molar-refractivity contribution in [2.75, 3.05) is 37.8 Å². The molecule has 1 N–H and O–H groups in total. The summed E-state index contributed by atoms with van der Waals surface area (Å²) in [5.41, 5.74) is 1.52. The molecule has 1 aromatic carbocycles. The topological polar surface area (TPSA) is 63.7 Å². The van der Waals surface area contributed by atoms with Crippen LogP contribution in [0, 0.1) is 18.6 Å². The summed E-state index contributed by atoms with van der Waals surface area (Å²) < 4.78 is 37.4. The summed E-state index contributed by atoms with van der Waals surface area (Å²) in [6.45, 7) is 6.76. The van der Waals surface area contributed by atoms with Crippen LogP contribution in [0.4, 0.5) is 14.6 Å². The van der Waals surface area contributed by atoms with Crippen molar-refractivity contribution in [2.45, 2.75) is 20.4 Å². The smallest absolute Gasteiger partial charge is 0.257 e. The molecule has 1 fully saturated rings. The van der Waals surface area contributed by atoms with E-state index in [2.05, 4.69) is 15.2 Å². The Labute approximate surface area is 162 Å². The molecule has 0 saturated carbocycles. The first-order valence-electron chi connectivity index (χ1n) is 9.19. The Kier molecular flexibility index (Phi) is 6.41. The second-order valence-electron chi connectivity index (χ2n) is 6.44. The van der Waals surface area contributed by atoms with Gasteiger partial charge >= 0.3 is 0 Å². The number of morpholine rings is 1. The van der Waals surface area contributed by atoms with Gasteiger partial charge in [-0.3, -0.25) is 4.79 Å². The standard InChI is InChI=1S/C20H23F2N3O3/c1-3-28-20-18(13(2)10-17(24-20)25-6-8-27-9-7-25)19(26)23-12-14-4-5-15(21)16(22)11-14/h4-5,10-11H,3,6-9,12H2,1-2H3,(H,23,26). The number of nitrogens with zero attached hydrogens (tertiary/aromatic N) is 2. The van der Waals surface area contributed by atoms with E-state index in [0.717, 1.165) is 36.6 Å². The van der Waals surface area contributed by atoms with E-state index in [1.165, 1.54) is 6.07 Å². The molecule has 28 heavy (non-hydrogen) atoms. The third-order valence-corrected chi connectivity index (χ3v) is 4.45. The van der Waals surface area contributed by atoms with Gasteiger partial charge in [-0.1, -0.05) is 6.07 Å². The number of nitrogens with one attached hydrogen (secondary N) is 1. The van der Waals surface area contributed by atoms with Crippen molar-refractivity contribution >= 4 is 11.7 Å². The molecule has 8 heteroatoms. The predicted octanol–water partition coefficient (Wildman–Crippen LogP) is 2.83. The Morgan fingerprint density at radius 1 is 1.25 bits per heavy atom. The molecule has 150 valence electrons. The second-order valence-corrected chi connectivity index (χ2v) is 6.44. The molecule has 0 aliphatic carbocycles. The third kappa shape index (κ3) is 4.56. The van der Waals surface area contributed by atoms with E-state index in [1.807, 2.05) is 19.9 Å². The predicted molar refractivity (Wildman–Crippen MR) is 101 cm³/mol. The maximum Gasteiger partial charge on any atom is 0.257 e. The highest BCUT2D eigenvalue weighted by Crippen LogP contribution is 2.26. The third-order valence-electron chi connectivity index (χ3n) is 4.45. The molecule has 1 aromatic heterocycles. The number of hydrogen-bond donors (Lipinski definition) is 1. The van der Waals surface area contributed by atoms with E-state index in [4.69, 9.17) is 9.47 Å². The van der Waals surface area contributed by atoms with E-state index in [1.54, 1.807) is 0 Å². The lowest BCUT2D eigenvalue weighted by Crippen LogP contribution is -2.37. The lowest BCUT2D eigenvalue weighted by atomic mass is 10.1. The monoisotopic (exact) mass is 391 g/mol. The first-order chi connectivity index (χ1) is 13.5. The fraction of sp³-hybridized carbons (Fsp3) is 0.400. The van der Waals surface area contributed by atoms with Gasteiger partial charge in [0.05, 0.1) is 19.8 Å². The molecule has 0 radical (unpaired) electrons. The van der Waals surface area contributed by atoms with Gasteiger partial charge in [-0.15, -0.1) is 0 Å². The molecule has 2 heterocycles. The molecular formula is C20H23F2N3O3. The van der Waals surface area contributed by atoms with Gasteiger partial charge in [-0.2, -0.15) is 4.98 Å². The van der Waals surface area contributed by atoms with Crippen molar-refractivity contribution in [2.24, 2.45) is 0 Å². The van der Waals surface area contributed by atoms with Gasteiger partial charge in [0.15, 0.2) is 11.6 Å². The van der Waals surface area contributed by atoms with E-state index in [-0.39, 0.29) is 18.3 Å². The van der Waals surface area contributed by atoms with Gasteiger partial charge in [-0.05, 0) is 43.2 Å². The second kappa shape index (κ2) is 8.97. The maximum atomic E-state index is 13.3. The van der Waals surface area contributed by atoms with Gasteiger partial charge in [0.25, 0.3) is 5.91 Å². The first-order valence-corrected chi connectivity index (χ1v) is 9.19. The van der Waals surface area contributed by atoms with Crippen LogP contribution in [0.5, 0.6) is 5.88 Å². The lowest BCUT2D eigenvalue weighted by molar-refractivity contribution is 0.0945. The first kappa shape index (κ1) is 20.0. The Balaban J connectivity index is 1.80. The highest BCUT2D eigenvalue weighted by Gasteiger charge is 2.21. The average Bonchev–Trinajstić information content (AvgIpc) is 2.69. The SMILES string of the molecule is CCOc1nc(N2CCOCC2)cc(C)c1C(=O)NCc1ccc(F)c(F)c1. The maximum absolute atomic E-state index is 13.3. The number of amides is 1. The fourth-order valence-electron chi connectivity index (χ4n) is 3.02. The Hall–Kier alpha value is -2.74. The lowest BCUT2D eigenvalue weighted by Gasteiger charge is -2.28. The number of halogens is 2. The number of pyridine rings is 1. The summed E-state index contributed by atoms with van der Waals surface area (Å²) in [6, 6.07) is 5.37. The van der Waals surface area contributed by atoms with E-state index >= 15 is 0 Å². The number of carbonyl (C=O) groups is 1. The summed E-state index contributed by atoms with van der Waals surface area (Å²) in [6.07, 6.45) is 0. The number of rotatable bonds is 6. The van der Waals surface area contributed by atoms with Crippen LogP contribution in [0.3, 0.4) is 0 Å². The summed E-state index contributed by atoms with van der Waals surface area (Å²) in [5.74, 6) is -1.26. The number of aryl methyl sites for hydroxylation is 1. The molecule has 0 atom stereocenters. The van der Waals surface area contributed by atoms with E-state index in [9.17, 15) is 13.6 Å². The summed E-state index contributed by atoms with van der Waals surface area (Å²) in [5, 5.41) is 2.72. The molecule has 3 rings (SSSR count). The number of benzene rings is 1. The normalized spacial score (nSPS) is 14.1. The Bertz CT molecular complexity index is 855. The van der Waals surface area contributed by atoms with Crippen LogP contribution in [0.1, 0.15) is 28.4 Å². The van der Waals surface area contributed by atoms with Gasteiger partial charge in [0.2, 0.25) is 5.88 Å². The van der Waals surface area contributed by atoms with Crippen LogP contribution >= 0.6 is 0 Å². The number of aromatic nitrogens is 1. The van der Waals surface area contributed by atoms with Gasteiger partial charge in [0, 0.05) is 19.6 Å². The van der Waals surface area contributed by atoms with Crippen molar-refractivity contribution in [3.8, 4) is 5.88 Å². The summed E-state index contributed by atoms with van der Waals surface area (Å²) >= 11 is 0. The van der Waals surface area contributed by atoms with Crippen molar-refractivity contribution in [3.05, 3.63) is 52.6 Å². The number of ether oxygens (including phenoxy) is 2. The average molecular weight is 391 g/mol.